The molecule has 0 spiro atoms. The van der Waals surface area contributed by atoms with E-state index in [0.717, 1.165) is 28.2 Å². The van der Waals surface area contributed by atoms with Crippen molar-refractivity contribution in [1.82, 2.24) is 9.97 Å². The van der Waals surface area contributed by atoms with Crippen LogP contribution in [0.4, 0.5) is 5.69 Å². The monoisotopic (exact) mass is 470 g/mol. The largest absolute Gasteiger partial charge is 0.497 e. The number of hydrogen-bond donors (Lipinski definition) is 2. The normalized spacial score (nSPS) is 11.6. The van der Waals surface area contributed by atoms with E-state index in [1.807, 2.05) is 55.5 Å². The summed E-state index contributed by atoms with van der Waals surface area (Å²) in [5.74, 6) is 0.458. The average Bonchev–Trinajstić information content (AvgIpc) is 2.87. The minimum absolute atomic E-state index is 0.0808. The molecule has 0 fully saturated rings. The van der Waals surface area contributed by atoms with Gasteiger partial charge in [-0.05, 0) is 42.1 Å². The van der Waals surface area contributed by atoms with Gasteiger partial charge >= 0.3 is 0 Å². The Labute approximate surface area is 200 Å². The van der Waals surface area contributed by atoms with Crippen LogP contribution in [0, 0.1) is 11.3 Å². The second-order valence-electron chi connectivity index (χ2n) is 7.47. The van der Waals surface area contributed by atoms with Crippen LogP contribution in [0.1, 0.15) is 18.9 Å². The van der Waals surface area contributed by atoms with Crippen molar-refractivity contribution in [2.24, 2.45) is 0 Å². The fourth-order valence-electron chi connectivity index (χ4n) is 3.57. The number of rotatable bonds is 7. The van der Waals surface area contributed by atoms with Crippen LogP contribution >= 0.6 is 11.8 Å². The summed E-state index contributed by atoms with van der Waals surface area (Å²) < 4.78 is 5.18. The first kappa shape index (κ1) is 23.1. The van der Waals surface area contributed by atoms with Crippen molar-refractivity contribution < 1.29 is 9.53 Å². The highest BCUT2D eigenvalue weighted by molar-refractivity contribution is 8.00. The third-order valence-corrected chi connectivity index (χ3v) is 6.59. The van der Waals surface area contributed by atoms with Crippen LogP contribution < -0.4 is 15.6 Å². The molecule has 1 heterocycles. The number of carbonyl (C=O) groups is 1. The zero-order chi connectivity index (χ0) is 24.1. The quantitative estimate of drug-likeness (QED) is 0.291. The highest BCUT2D eigenvalue weighted by Gasteiger charge is 2.22. The Morgan fingerprint density at radius 1 is 1.15 bits per heavy atom. The topological polar surface area (TPSA) is 108 Å². The van der Waals surface area contributed by atoms with Gasteiger partial charge in [0.1, 0.15) is 17.4 Å². The van der Waals surface area contributed by atoms with E-state index in [9.17, 15) is 14.9 Å². The van der Waals surface area contributed by atoms with Crippen molar-refractivity contribution in [3.63, 3.8) is 0 Å². The van der Waals surface area contributed by atoms with Crippen molar-refractivity contribution in [3.8, 4) is 23.1 Å². The number of thioether (sulfide) groups is 1. The molecule has 170 valence electrons. The molecule has 0 aliphatic heterocycles. The van der Waals surface area contributed by atoms with Crippen LogP contribution in [-0.4, -0.2) is 28.2 Å². The first-order chi connectivity index (χ1) is 16.5. The second-order valence-corrected chi connectivity index (χ2v) is 8.66. The van der Waals surface area contributed by atoms with Crippen LogP contribution in [0.5, 0.6) is 5.75 Å². The standard InChI is InChI=1S/C26H22N4O3S/c1-3-22(25(32)28-21-10-6-8-16-7-4-5-9-19(16)21)34-26-29-23(20(15-27)24(31)30-26)17-11-13-18(33-2)14-12-17/h4-14,22H,3H2,1-2H3,(H,28,32)(H,29,30,31). The highest BCUT2D eigenvalue weighted by Crippen LogP contribution is 2.29. The van der Waals surface area contributed by atoms with E-state index < -0.39 is 10.8 Å². The first-order valence-electron chi connectivity index (χ1n) is 10.7. The van der Waals surface area contributed by atoms with Gasteiger partial charge in [0.05, 0.1) is 18.1 Å². The third-order valence-electron chi connectivity index (χ3n) is 5.34. The number of ether oxygens (including phenoxy) is 1. The molecule has 34 heavy (non-hydrogen) atoms. The van der Waals surface area contributed by atoms with E-state index in [2.05, 4.69) is 15.3 Å². The van der Waals surface area contributed by atoms with E-state index in [1.165, 1.54) is 0 Å². The molecule has 0 aliphatic carbocycles. The number of nitrogens with one attached hydrogen (secondary N) is 2. The summed E-state index contributed by atoms with van der Waals surface area (Å²) in [4.78, 5) is 32.9. The van der Waals surface area contributed by atoms with Crippen molar-refractivity contribution in [2.45, 2.75) is 23.8 Å². The molecular formula is C26H22N4O3S. The molecular weight excluding hydrogens is 448 g/mol. The second kappa shape index (κ2) is 10.2. The summed E-state index contributed by atoms with van der Waals surface area (Å²) in [5, 5.41) is 14.3. The van der Waals surface area contributed by atoms with Crippen LogP contribution in [0.25, 0.3) is 22.0 Å². The van der Waals surface area contributed by atoms with Crippen LogP contribution in [0.3, 0.4) is 0 Å². The number of aromatic amines is 1. The molecule has 8 heteroatoms. The number of benzene rings is 3. The average molecular weight is 471 g/mol. The minimum atomic E-state index is -0.546. The highest BCUT2D eigenvalue weighted by atomic mass is 32.2. The number of amides is 1. The molecule has 4 aromatic rings. The number of fused-ring (bicyclic) bond motifs is 1. The molecule has 4 rings (SSSR count). The number of nitriles is 1. The van der Waals surface area contributed by atoms with Crippen LogP contribution in [-0.2, 0) is 4.79 Å². The Morgan fingerprint density at radius 3 is 2.59 bits per heavy atom. The van der Waals surface area contributed by atoms with E-state index in [-0.39, 0.29) is 22.3 Å². The van der Waals surface area contributed by atoms with Crippen molar-refractivity contribution in [3.05, 3.63) is 82.6 Å². The SMILES string of the molecule is CCC(Sc1nc(-c2ccc(OC)cc2)c(C#N)c(=O)[nH]1)C(=O)Nc1cccc2ccccc12. The molecule has 1 aromatic heterocycles. The summed E-state index contributed by atoms with van der Waals surface area (Å²) >= 11 is 1.16. The number of hydrogen-bond acceptors (Lipinski definition) is 6. The van der Waals surface area contributed by atoms with Gasteiger partial charge in [-0.1, -0.05) is 55.1 Å². The lowest BCUT2D eigenvalue weighted by Crippen LogP contribution is -2.25. The van der Waals surface area contributed by atoms with Gasteiger partial charge in [-0.2, -0.15) is 5.26 Å². The maximum Gasteiger partial charge on any atom is 0.270 e. The predicted octanol–water partition coefficient (Wildman–Crippen LogP) is 4.98. The molecule has 7 nitrogen and oxygen atoms in total. The number of aromatic nitrogens is 2. The molecule has 0 radical (unpaired) electrons. The van der Waals surface area contributed by atoms with E-state index >= 15 is 0 Å². The van der Waals surface area contributed by atoms with Gasteiger partial charge < -0.3 is 15.0 Å². The number of nitrogens with zero attached hydrogens (tertiary/aromatic N) is 2. The lowest BCUT2D eigenvalue weighted by atomic mass is 10.1. The summed E-state index contributed by atoms with van der Waals surface area (Å²) in [6.45, 7) is 1.90. The van der Waals surface area contributed by atoms with Crippen molar-refractivity contribution in [2.75, 3.05) is 12.4 Å². The molecule has 3 aromatic carbocycles. The Morgan fingerprint density at radius 2 is 1.88 bits per heavy atom. The molecule has 0 aliphatic rings. The maximum absolute atomic E-state index is 13.1. The third kappa shape index (κ3) is 4.80. The summed E-state index contributed by atoms with van der Waals surface area (Å²) in [6.07, 6.45) is 0.517. The van der Waals surface area contributed by atoms with Crippen molar-refractivity contribution in [1.29, 1.82) is 5.26 Å². The molecule has 1 amide bonds. The van der Waals surface area contributed by atoms with E-state index in [1.54, 1.807) is 31.4 Å². The first-order valence-corrected chi connectivity index (χ1v) is 11.6. The molecule has 1 unspecified atom stereocenters. The van der Waals surface area contributed by atoms with E-state index in [0.29, 0.717) is 17.7 Å². The van der Waals surface area contributed by atoms with Gasteiger partial charge in [0.25, 0.3) is 5.56 Å². The number of carbonyl (C=O) groups excluding carboxylic acids is 1. The smallest absolute Gasteiger partial charge is 0.270 e. The minimum Gasteiger partial charge on any atom is -0.497 e. The van der Waals surface area contributed by atoms with Gasteiger partial charge in [-0.15, -0.1) is 0 Å². The van der Waals surface area contributed by atoms with Crippen LogP contribution in [0.2, 0.25) is 0 Å². The van der Waals surface area contributed by atoms with Gasteiger partial charge in [-0.25, -0.2) is 4.98 Å². The zero-order valence-corrected chi connectivity index (χ0v) is 19.5. The number of anilines is 1. The molecule has 0 saturated carbocycles. The summed E-state index contributed by atoms with van der Waals surface area (Å²) in [7, 11) is 1.56. The van der Waals surface area contributed by atoms with Gasteiger partial charge in [0.2, 0.25) is 5.91 Å². The van der Waals surface area contributed by atoms with Crippen molar-refractivity contribution >= 4 is 34.1 Å². The molecule has 0 saturated heterocycles. The zero-order valence-electron chi connectivity index (χ0n) is 18.7. The van der Waals surface area contributed by atoms with Crippen LogP contribution in [0.15, 0.2) is 76.7 Å². The van der Waals surface area contributed by atoms with Gasteiger partial charge in [0.15, 0.2) is 5.16 Å². The molecule has 0 bridgehead atoms. The lowest BCUT2D eigenvalue weighted by Gasteiger charge is -2.16. The summed E-state index contributed by atoms with van der Waals surface area (Å²) in [5.41, 5.74) is 0.972. The van der Waals surface area contributed by atoms with Gasteiger partial charge in [0, 0.05) is 16.6 Å². The number of methoxy groups -OCH3 is 1. The maximum atomic E-state index is 13.1. The van der Waals surface area contributed by atoms with Gasteiger partial charge in [-0.3, -0.25) is 9.59 Å². The Balaban J connectivity index is 1.62. The van der Waals surface area contributed by atoms with E-state index in [4.69, 9.17) is 4.74 Å². The summed E-state index contributed by atoms with van der Waals surface area (Å²) in [6, 6.07) is 22.4. The number of H-pyrrole nitrogens is 1. The Hall–Kier alpha value is -4.09. The predicted molar refractivity (Wildman–Crippen MR) is 134 cm³/mol. The lowest BCUT2D eigenvalue weighted by molar-refractivity contribution is -0.115. The molecule has 1 atom stereocenters. The Bertz CT molecular complexity index is 1440. The fraction of sp³-hybridized carbons (Fsp3) is 0.154. The molecule has 2 N–H and O–H groups in total. The Kier molecular flexibility index (Phi) is 6.95. The fourth-order valence-corrected chi connectivity index (χ4v) is 4.47.